The lowest BCUT2D eigenvalue weighted by atomic mass is 10.1. The number of hydrogen-bond acceptors (Lipinski definition) is 2. The summed E-state index contributed by atoms with van der Waals surface area (Å²) < 4.78 is 14.2. The zero-order valence-corrected chi connectivity index (χ0v) is 11.9. The van der Waals surface area contributed by atoms with Gasteiger partial charge in [0.2, 0.25) is 5.78 Å². The summed E-state index contributed by atoms with van der Waals surface area (Å²) in [6, 6.07) is 5.85. The third kappa shape index (κ3) is 2.59. The van der Waals surface area contributed by atoms with Crippen molar-refractivity contribution in [2.45, 2.75) is 6.92 Å². The number of rotatable bonds is 2. The summed E-state index contributed by atoms with van der Waals surface area (Å²) in [6.07, 6.45) is 0. The van der Waals surface area contributed by atoms with Crippen LogP contribution in [0.15, 0.2) is 28.1 Å². The van der Waals surface area contributed by atoms with Crippen LogP contribution in [-0.2, 0) is 0 Å². The molecule has 5 heteroatoms. The Morgan fingerprint density at radius 2 is 2.12 bits per heavy atom. The first kappa shape index (κ1) is 12.7. The maximum Gasteiger partial charge on any atom is 0.203 e. The number of thiophene rings is 1. The van der Waals surface area contributed by atoms with Crippen molar-refractivity contribution in [3.05, 3.63) is 54.9 Å². The Bertz CT molecular complexity index is 575. The van der Waals surface area contributed by atoms with E-state index in [-0.39, 0.29) is 10.8 Å². The Labute approximate surface area is 115 Å². The molecule has 0 atom stereocenters. The van der Waals surface area contributed by atoms with E-state index in [9.17, 15) is 9.18 Å². The predicted octanol–water partition coefficient (Wildman–Crippen LogP) is 4.84. The zero-order valence-electron chi connectivity index (χ0n) is 8.76. The van der Waals surface area contributed by atoms with Crippen molar-refractivity contribution in [2.75, 3.05) is 0 Å². The first-order valence-corrected chi connectivity index (χ1v) is 6.73. The van der Waals surface area contributed by atoms with Gasteiger partial charge in [-0.1, -0.05) is 11.6 Å². The van der Waals surface area contributed by atoms with Crippen molar-refractivity contribution in [1.82, 2.24) is 0 Å². The van der Waals surface area contributed by atoms with Gasteiger partial charge in [0.1, 0.15) is 5.82 Å². The minimum Gasteiger partial charge on any atom is -0.288 e. The van der Waals surface area contributed by atoms with Crippen LogP contribution in [0.2, 0.25) is 5.02 Å². The molecule has 0 bridgehead atoms. The summed E-state index contributed by atoms with van der Waals surface area (Å²) in [5.41, 5.74) is 1.30. The average Bonchev–Trinajstić information content (AvgIpc) is 2.62. The van der Waals surface area contributed by atoms with Crippen molar-refractivity contribution >= 4 is 44.7 Å². The van der Waals surface area contributed by atoms with Crippen molar-refractivity contribution in [3.8, 4) is 0 Å². The van der Waals surface area contributed by atoms with E-state index in [0.717, 1.165) is 15.4 Å². The predicted molar refractivity (Wildman–Crippen MR) is 71.6 cm³/mol. The minimum atomic E-state index is -0.579. The average molecular weight is 334 g/mol. The first-order chi connectivity index (χ1) is 7.99. The maximum atomic E-state index is 13.2. The summed E-state index contributed by atoms with van der Waals surface area (Å²) in [5.74, 6) is -0.774. The number of carbonyl (C=O) groups excluding carboxylic acids is 1. The molecule has 0 saturated carbocycles. The molecule has 0 fully saturated rings. The van der Waals surface area contributed by atoms with Gasteiger partial charge in [0, 0.05) is 5.56 Å². The Morgan fingerprint density at radius 1 is 1.41 bits per heavy atom. The van der Waals surface area contributed by atoms with Crippen LogP contribution in [0.1, 0.15) is 20.8 Å². The van der Waals surface area contributed by atoms with Crippen LogP contribution in [0.5, 0.6) is 0 Å². The van der Waals surface area contributed by atoms with E-state index in [4.69, 9.17) is 11.6 Å². The van der Waals surface area contributed by atoms with Crippen LogP contribution >= 0.6 is 38.9 Å². The van der Waals surface area contributed by atoms with Crippen LogP contribution in [0.25, 0.3) is 0 Å². The van der Waals surface area contributed by atoms with Crippen LogP contribution in [0.4, 0.5) is 4.39 Å². The van der Waals surface area contributed by atoms with Crippen LogP contribution in [0.3, 0.4) is 0 Å². The Hall–Kier alpha value is -0.710. The molecular formula is C12H7BrClFOS. The molecule has 0 radical (unpaired) electrons. The largest absolute Gasteiger partial charge is 0.288 e. The molecule has 0 unspecified atom stereocenters. The van der Waals surface area contributed by atoms with E-state index in [1.807, 2.05) is 6.92 Å². The first-order valence-electron chi connectivity index (χ1n) is 4.74. The number of benzene rings is 1. The van der Waals surface area contributed by atoms with Gasteiger partial charge >= 0.3 is 0 Å². The number of halogens is 3. The summed E-state index contributed by atoms with van der Waals surface area (Å²) >= 11 is 10.3. The molecule has 0 aliphatic rings. The molecule has 1 aromatic heterocycles. The molecule has 0 aliphatic heterocycles. The lowest BCUT2D eigenvalue weighted by molar-refractivity contribution is 0.104. The third-order valence-corrected chi connectivity index (χ3v) is 4.70. The highest BCUT2D eigenvalue weighted by atomic mass is 79.9. The van der Waals surface area contributed by atoms with Crippen molar-refractivity contribution in [1.29, 1.82) is 0 Å². The van der Waals surface area contributed by atoms with Gasteiger partial charge in [-0.15, -0.1) is 11.3 Å². The molecule has 1 nitrogen and oxygen atoms in total. The van der Waals surface area contributed by atoms with Gasteiger partial charge in [-0.2, -0.15) is 0 Å². The second-order valence-corrected chi connectivity index (χ2v) is 6.30. The fourth-order valence-corrected chi connectivity index (χ4v) is 2.97. The summed E-state index contributed by atoms with van der Waals surface area (Å²) in [6.45, 7) is 1.90. The quantitative estimate of drug-likeness (QED) is 0.719. The lowest BCUT2D eigenvalue weighted by Crippen LogP contribution is -1.99. The molecular weight excluding hydrogens is 327 g/mol. The summed E-state index contributed by atoms with van der Waals surface area (Å²) in [7, 11) is 0. The zero-order chi connectivity index (χ0) is 12.6. The number of ketones is 1. The maximum absolute atomic E-state index is 13.2. The number of aryl methyl sites for hydroxylation is 1. The summed E-state index contributed by atoms with van der Waals surface area (Å²) in [4.78, 5) is 12.6. The Balaban J connectivity index is 2.40. The molecule has 2 rings (SSSR count). The van der Waals surface area contributed by atoms with Crippen LogP contribution in [0, 0.1) is 12.7 Å². The molecule has 0 spiro atoms. The molecule has 17 heavy (non-hydrogen) atoms. The standard InChI is InChI=1S/C12H7BrClFOS/c1-6-4-10(17-12(6)13)11(16)7-2-3-8(14)9(15)5-7/h2-5H,1H3. The SMILES string of the molecule is Cc1cc(C(=O)c2ccc(Cl)c(F)c2)sc1Br. The van der Waals surface area contributed by atoms with Crippen molar-refractivity contribution in [2.24, 2.45) is 0 Å². The number of carbonyl (C=O) groups is 1. The van der Waals surface area contributed by atoms with Crippen molar-refractivity contribution < 1.29 is 9.18 Å². The highest BCUT2D eigenvalue weighted by Gasteiger charge is 2.14. The molecule has 0 amide bonds. The second kappa shape index (κ2) is 4.88. The molecule has 0 aliphatic carbocycles. The fourth-order valence-electron chi connectivity index (χ4n) is 1.35. The van der Waals surface area contributed by atoms with Gasteiger partial charge in [0.25, 0.3) is 0 Å². The van der Waals surface area contributed by atoms with E-state index in [1.54, 1.807) is 6.07 Å². The van der Waals surface area contributed by atoms with Gasteiger partial charge in [-0.3, -0.25) is 4.79 Å². The Morgan fingerprint density at radius 3 is 2.65 bits per heavy atom. The topological polar surface area (TPSA) is 17.1 Å². The van der Waals surface area contributed by atoms with Gasteiger partial charge in [-0.25, -0.2) is 4.39 Å². The highest BCUT2D eigenvalue weighted by molar-refractivity contribution is 9.11. The fraction of sp³-hybridized carbons (Fsp3) is 0.0833. The van der Waals surface area contributed by atoms with Crippen molar-refractivity contribution in [3.63, 3.8) is 0 Å². The van der Waals surface area contributed by atoms with Crippen LogP contribution < -0.4 is 0 Å². The van der Waals surface area contributed by atoms with Gasteiger partial charge < -0.3 is 0 Å². The Kier molecular flexibility index (Phi) is 3.66. The van der Waals surface area contributed by atoms with E-state index >= 15 is 0 Å². The monoisotopic (exact) mass is 332 g/mol. The van der Waals surface area contributed by atoms with Gasteiger partial charge in [0.05, 0.1) is 13.7 Å². The van der Waals surface area contributed by atoms with Gasteiger partial charge in [-0.05, 0) is 52.7 Å². The van der Waals surface area contributed by atoms with E-state index < -0.39 is 5.82 Å². The van der Waals surface area contributed by atoms with E-state index in [0.29, 0.717) is 10.4 Å². The second-order valence-electron chi connectivity index (χ2n) is 3.53. The molecule has 1 heterocycles. The van der Waals surface area contributed by atoms with E-state index in [1.165, 1.54) is 23.5 Å². The molecule has 88 valence electrons. The molecule has 0 N–H and O–H groups in total. The smallest absolute Gasteiger partial charge is 0.203 e. The highest BCUT2D eigenvalue weighted by Crippen LogP contribution is 2.29. The summed E-state index contributed by atoms with van der Waals surface area (Å²) in [5, 5.41) is 0.0186. The normalized spacial score (nSPS) is 10.6. The molecule has 2 aromatic rings. The number of hydrogen-bond donors (Lipinski definition) is 0. The van der Waals surface area contributed by atoms with Gasteiger partial charge in [0.15, 0.2) is 0 Å². The van der Waals surface area contributed by atoms with E-state index in [2.05, 4.69) is 15.9 Å². The molecule has 1 aromatic carbocycles. The third-order valence-electron chi connectivity index (χ3n) is 2.26. The lowest BCUT2D eigenvalue weighted by Gasteiger charge is -1.99. The minimum absolute atomic E-state index is 0.0186. The van der Waals surface area contributed by atoms with Crippen LogP contribution in [-0.4, -0.2) is 5.78 Å². The molecule has 0 saturated heterocycles.